The van der Waals surface area contributed by atoms with Crippen LogP contribution in [-0.4, -0.2) is 23.4 Å². The van der Waals surface area contributed by atoms with Gasteiger partial charge in [-0.05, 0) is 36.8 Å². The molecule has 4 rings (SSSR count). The third-order valence-corrected chi connectivity index (χ3v) is 5.54. The molecule has 1 aliphatic rings. The van der Waals surface area contributed by atoms with Crippen LogP contribution in [0.4, 0.5) is 10.1 Å². The average molecular weight is 384 g/mol. The summed E-state index contributed by atoms with van der Waals surface area (Å²) in [5.74, 6) is -1.81. The molecule has 5 nitrogen and oxygen atoms in total. The number of ether oxygens (including phenoxy) is 1. The van der Waals surface area contributed by atoms with E-state index in [-0.39, 0.29) is 31.2 Å². The molecule has 0 spiro atoms. The Morgan fingerprint density at radius 2 is 2.15 bits per heavy atom. The van der Waals surface area contributed by atoms with Gasteiger partial charge in [-0.1, -0.05) is 18.2 Å². The van der Waals surface area contributed by atoms with Crippen LogP contribution >= 0.6 is 11.3 Å². The number of nitrogens with zero attached hydrogens (tertiary/aromatic N) is 2. The summed E-state index contributed by atoms with van der Waals surface area (Å²) in [6, 6.07) is 12.4. The summed E-state index contributed by atoms with van der Waals surface area (Å²) in [7, 11) is 0. The van der Waals surface area contributed by atoms with Crippen LogP contribution in [0, 0.1) is 18.7 Å². The number of fused-ring (bicyclic) bond motifs is 1. The summed E-state index contributed by atoms with van der Waals surface area (Å²) >= 11 is 1.47. The van der Waals surface area contributed by atoms with Crippen molar-refractivity contribution in [2.45, 2.75) is 20.0 Å². The summed E-state index contributed by atoms with van der Waals surface area (Å²) in [5.41, 5.74) is 1.84. The van der Waals surface area contributed by atoms with Gasteiger partial charge in [-0.15, -0.1) is 11.3 Å². The van der Waals surface area contributed by atoms with Gasteiger partial charge in [-0.2, -0.15) is 0 Å². The lowest BCUT2D eigenvalue weighted by Crippen LogP contribution is -2.27. The second-order valence-corrected chi connectivity index (χ2v) is 7.66. The quantitative estimate of drug-likeness (QED) is 0.642. The molecule has 0 saturated carbocycles. The van der Waals surface area contributed by atoms with E-state index in [1.807, 2.05) is 24.3 Å². The van der Waals surface area contributed by atoms with Crippen molar-refractivity contribution in [1.29, 1.82) is 0 Å². The van der Waals surface area contributed by atoms with Crippen molar-refractivity contribution in [3.8, 4) is 0 Å². The van der Waals surface area contributed by atoms with Crippen LogP contribution in [0.1, 0.15) is 17.0 Å². The van der Waals surface area contributed by atoms with Crippen molar-refractivity contribution in [2.24, 2.45) is 5.92 Å². The standard InChI is InChI=1S/C20H17FN2O3S/c1-12-6-7-16(14(21)8-12)23-10-13(9-19(23)24)20(25)26-11-18-22-15-4-2-3-5-17(15)27-18/h2-8,13H,9-11H2,1H3. The van der Waals surface area contributed by atoms with Gasteiger partial charge < -0.3 is 9.64 Å². The van der Waals surface area contributed by atoms with Crippen LogP contribution < -0.4 is 4.90 Å². The van der Waals surface area contributed by atoms with E-state index in [0.717, 1.165) is 15.8 Å². The Labute approximate surface area is 159 Å². The number of amides is 1. The fourth-order valence-electron chi connectivity index (χ4n) is 3.16. The summed E-state index contributed by atoms with van der Waals surface area (Å²) in [6.07, 6.45) is 0.0198. The van der Waals surface area contributed by atoms with Crippen molar-refractivity contribution >= 4 is 39.1 Å². The molecule has 1 fully saturated rings. The zero-order chi connectivity index (χ0) is 19.0. The Balaban J connectivity index is 1.41. The lowest BCUT2D eigenvalue weighted by Gasteiger charge is -2.17. The van der Waals surface area contributed by atoms with Crippen molar-refractivity contribution < 1.29 is 18.7 Å². The number of anilines is 1. The van der Waals surface area contributed by atoms with Gasteiger partial charge in [0.2, 0.25) is 5.91 Å². The Morgan fingerprint density at radius 3 is 2.93 bits per heavy atom. The number of aromatic nitrogens is 1. The molecule has 0 N–H and O–H groups in total. The fourth-order valence-corrected chi connectivity index (χ4v) is 4.04. The summed E-state index contributed by atoms with van der Waals surface area (Å²) in [5, 5.41) is 0.704. The van der Waals surface area contributed by atoms with Gasteiger partial charge in [0.25, 0.3) is 0 Å². The first kappa shape index (κ1) is 17.6. The zero-order valence-corrected chi connectivity index (χ0v) is 15.5. The van der Waals surface area contributed by atoms with Crippen LogP contribution in [0.15, 0.2) is 42.5 Å². The molecule has 1 unspecified atom stereocenters. The Kier molecular flexibility index (Phi) is 4.61. The molecule has 2 heterocycles. The minimum Gasteiger partial charge on any atom is -0.458 e. The van der Waals surface area contributed by atoms with Crippen molar-refractivity contribution in [1.82, 2.24) is 4.98 Å². The molecule has 1 atom stereocenters. The number of halogens is 1. The van der Waals surface area contributed by atoms with E-state index in [1.165, 1.54) is 22.3 Å². The van der Waals surface area contributed by atoms with Crippen LogP contribution in [0.2, 0.25) is 0 Å². The maximum Gasteiger partial charge on any atom is 0.311 e. The number of hydrogen-bond donors (Lipinski definition) is 0. The number of para-hydroxylation sites is 1. The highest BCUT2D eigenvalue weighted by Gasteiger charge is 2.37. The van der Waals surface area contributed by atoms with Gasteiger partial charge in [-0.25, -0.2) is 9.37 Å². The second-order valence-electron chi connectivity index (χ2n) is 6.54. The summed E-state index contributed by atoms with van der Waals surface area (Å²) in [6.45, 7) is 1.97. The average Bonchev–Trinajstić information content (AvgIpc) is 3.23. The van der Waals surface area contributed by atoms with Gasteiger partial charge in [0.05, 0.1) is 21.8 Å². The Bertz CT molecular complexity index is 1000. The molecule has 0 bridgehead atoms. The summed E-state index contributed by atoms with van der Waals surface area (Å²) < 4.78 is 20.5. The molecule has 0 radical (unpaired) electrons. The molecular formula is C20H17FN2O3S. The van der Waals surface area contributed by atoms with Gasteiger partial charge >= 0.3 is 5.97 Å². The first-order valence-electron chi connectivity index (χ1n) is 8.59. The van der Waals surface area contributed by atoms with Gasteiger partial charge in [-0.3, -0.25) is 9.59 Å². The van der Waals surface area contributed by atoms with Gasteiger partial charge in [0, 0.05) is 13.0 Å². The molecular weight excluding hydrogens is 367 g/mol. The monoisotopic (exact) mass is 384 g/mol. The van der Waals surface area contributed by atoms with Crippen molar-refractivity contribution in [3.05, 3.63) is 58.9 Å². The third kappa shape index (κ3) is 3.55. The number of carbonyl (C=O) groups excluding carboxylic acids is 2. The first-order valence-corrected chi connectivity index (χ1v) is 9.40. The minimum atomic E-state index is -0.604. The molecule has 0 aliphatic carbocycles. The first-order chi connectivity index (χ1) is 13.0. The molecule has 1 aliphatic heterocycles. The van der Waals surface area contributed by atoms with E-state index in [1.54, 1.807) is 19.1 Å². The topological polar surface area (TPSA) is 59.5 Å². The van der Waals surface area contributed by atoms with Crippen LogP contribution in [0.25, 0.3) is 10.2 Å². The molecule has 7 heteroatoms. The Hall–Kier alpha value is -2.80. The predicted molar refractivity (Wildman–Crippen MR) is 101 cm³/mol. The molecule has 1 amide bonds. The van der Waals surface area contributed by atoms with Crippen molar-refractivity contribution in [2.75, 3.05) is 11.4 Å². The fraction of sp³-hybridized carbons (Fsp3) is 0.250. The van der Waals surface area contributed by atoms with Gasteiger partial charge in [0.1, 0.15) is 17.4 Å². The van der Waals surface area contributed by atoms with E-state index in [2.05, 4.69) is 4.98 Å². The maximum atomic E-state index is 14.2. The Morgan fingerprint density at radius 1 is 1.33 bits per heavy atom. The van der Waals surface area contributed by atoms with Crippen molar-refractivity contribution in [3.63, 3.8) is 0 Å². The van der Waals surface area contributed by atoms with Crippen LogP contribution in [-0.2, 0) is 20.9 Å². The van der Waals surface area contributed by atoms with E-state index in [9.17, 15) is 14.0 Å². The molecule has 3 aromatic rings. The number of rotatable bonds is 4. The van der Waals surface area contributed by atoms with Crippen LogP contribution in [0.3, 0.4) is 0 Å². The SMILES string of the molecule is Cc1ccc(N2CC(C(=O)OCc3nc4ccccc4s3)CC2=O)c(F)c1. The molecule has 1 aromatic heterocycles. The molecule has 2 aromatic carbocycles. The number of aryl methyl sites for hydroxylation is 1. The highest BCUT2D eigenvalue weighted by Crippen LogP contribution is 2.29. The lowest BCUT2D eigenvalue weighted by molar-refractivity contribution is -0.149. The minimum absolute atomic E-state index is 0.0198. The number of hydrogen-bond acceptors (Lipinski definition) is 5. The van der Waals surface area contributed by atoms with Gasteiger partial charge in [0.15, 0.2) is 0 Å². The van der Waals surface area contributed by atoms with E-state index in [4.69, 9.17) is 4.74 Å². The van der Waals surface area contributed by atoms with E-state index in [0.29, 0.717) is 5.01 Å². The predicted octanol–water partition coefficient (Wildman–Crippen LogP) is 3.84. The number of esters is 1. The largest absolute Gasteiger partial charge is 0.458 e. The summed E-state index contributed by atoms with van der Waals surface area (Å²) in [4.78, 5) is 30.4. The molecule has 1 saturated heterocycles. The number of carbonyl (C=O) groups is 2. The smallest absolute Gasteiger partial charge is 0.311 e. The molecule has 27 heavy (non-hydrogen) atoms. The number of benzene rings is 2. The maximum absolute atomic E-state index is 14.2. The second kappa shape index (κ2) is 7.08. The third-order valence-electron chi connectivity index (χ3n) is 4.53. The molecule has 138 valence electrons. The normalized spacial score (nSPS) is 16.9. The number of thiazole rings is 1. The zero-order valence-electron chi connectivity index (χ0n) is 14.6. The van der Waals surface area contributed by atoms with Crippen LogP contribution in [0.5, 0.6) is 0 Å². The highest BCUT2D eigenvalue weighted by atomic mass is 32.1. The highest BCUT2D eigenvalue weighted by molar-refractivity contribution is 7.18. The lowest BCUT2D eigenvalue weighted by atomic mass is 10.1. The van der Waals surface area contributed by atoms with E-state index >= 15 is 0 Å². The van der Waals surface area contributed by atoms with E-state index < -0.39 is 17.7 Å².